The van der Waals surface area contributed by atoms with Crippen LogP contribution in [0.15, 0.2) is 63.7 Å². The highest BCUT2D eigenvalue weighted by Crippen LogP contribution is 2.41. The van der Waals surface area contributed by atoms with Crippen molar-refractivity contribution in [3.8, 4) is 11.5 Å². The Hall–Kier alpha value is -3.17. The molecule has 0 fully saturated rings. The first-order valence-corrected chi connectivity index (χ1v) is 8.82. The number of nitrogens with two attached hydrogens (primary N) is 1. The summed E-state index contributed by atoms with van der Waals surface area (Å²) >= 11 is 0. The van der Waals surface area contributed by atoms with Crippen molar-refractivity contribution < 1.29 is 22.8 Å². The zero-order valence-electron chi connectivity index (χ0n) is 13.6. The first-order chi connectivity index (χ1) is 12.3. The highest BCUT2D eigenvalue weighted by atomic mass is 32.2. The first kappa shape index (κ1) is 17.6. The fourth-order valence-corrected chi connectivity index (χ4v) is 3.08. The lowest BCUT2D eigenvalue weighted by atomic mass is 10.1. The second-order valence-electron chi connectivity index (χ2n) is 5.43. The maximum Gasteiger partial charge on any atom is 0.296 e. The zero-order chi connectivity index (χ0) is 18.9. The number of ether oxygens (including phenoxy) is 1. The molecule has 0 radical (unpaired) electrons. The van der Waals surface area contributed by atoms with Crippen molar-refractivity contribution in [2.24, 2.45) is 10.2 Å². The molecule has 3 aromatic rings. The molecule has 0 unspecified atom stereocenters. The molecule has 0 saturated heterocycles. The molecule has 0 aliphatic rings. The molecular formula is C17H15N3O5S. The number of rotatable bonds is 4. The SMILES string of the molecule is COc1ccc(/N=N/c2c(S(=O)(=O)O)cc3cc(N)ccc3c2O)cc1. The Kier molecular flexibility index (Phi) is 4.49. The van der Waals surface area contributed by atoms with Crippen LogP contribution in [0, 0.1) is 0 Å². The van der Waals surface area contributed by atoms with E-state index in [1.165, 1.54) is 25.3 Å². The molecule has 0 aliphatic carbocycles. The van der Waals surface area contributed by atoms with Crippen molar-refractivity contribution in [1.29, 1.82) is 0 Å². The Balaban J connectivity index is 2.18. The van der Waals surface area contributed by atoms with Crippen molar-refractivity contribution in [2.45, 2.75) is 4.90 Å². The monoisotopic (exact) mass is 373 g/mol. The number of nitrogen functional groups attached to an aromatic ring is 1. The summed E-state index contributed by atoms with van der Waals surface area (Å²) in [5, 5.41) is 18.9. The summed E-state index contributed by atoms with van der Waals surface area (Å²) in [6, 6.07) is 12.3. The fraction of sp³-hybridized carbons (Fsp3) is 0.0588. The summed E-state index contributed by atoms with van der Waals surface area (Å²) in [5.41, 5.74) is 6.11. The summed E-state index contributed by atoms with van der Waals surface area (Å²) in [4.78, 5) is -0.564. The molecule has 26 heavy (non-hydrogen) atoms. The number of hydrogen-bond donors (Lipinski definition) is 3. The van der Waals surface area contributed by atoms with Gasteiger partial charge < -0.3 is 15.6 Å². The van der Waals surface area contributed by atoms with Gasteiger partial charge in [0.1, 0.15) is 16.3 Å². The van der Waals surface area contributed by atoms with Gasteiger partial charge in [-0.25, -0.2) is 0 Å². The van der Waals surface area contributed by atoms with Crippen molar-refractivity contribution in [1.82, 2.24) is 0 Å². The van der Waals surface area contributed by atoms with Gasteiger partial charge in [-0.3, -0.25) is 4.55 Å². The number of phenolic OH excluding ortho intramolecular Hbond substituents is 1. The van der Waals surface area contributed by atoms with Gasteiger partial charge in [0.25, 0.3) is 10.1 Å². The summed E-state index contributed by atoms with van der Waals surface area (Å²) in [6.07, 6.45) is 0. The van der Waals surface area contributed by atoms with Crippen LogP contribution in [0.25, 0.3) is 10.8 Å². The molecule has 8 nitrogen and oxygen atoms in total. The van der Waals surface area contributed by atoms with Crippen LogP contribution in [0.2, 0.25) is 0 Å². The number of methoxy groups -OCH3 is 1. The number of hydrogen-bond acceptors (Lipinski definition) is 7. The van der Waals surface area contributed by atoms with Gasteiger partial charge in [0.05, 0.1) is 12.8 Å². The normalized spacial score (nSPS) is 11.9. The minimum atomic E-state index is -4.65. The van der Waals surface area contributed by atoms with E-state index in [4.69, 9.17) is 10.5 Å². The average Bonchev–Trinajstić information content (AvgIpc) is 2.60. The minimum Gasteiger partial charge on any atom is -0.505 e. The van der Waals surface area contributed by atoms with Gasteiger partial charge in [0.15, 0.2) is 5.75 Å². The number of fused-ring (bicyclic) bond motifs is 1. The number of aromatic hydroxyl groups is 1. The second kappa shape index (κ2) is 6.62. The molecule has 0 heterocycles. The Morgan fingerprint density at radius 2 is 1.73 bits per heavy atom. The molecule has 0 aromatic heterocycles. The van der Waals surface area contributed by atoms with E-state index in [-0.39, 0.29) is 5.69 Å². The van der Waals surface area contributed by atoms with Crippen molar-refractivity contribution in [3.63, 3.8) is 0 Å². The third-order valence-corrected chi connectivity index (χ3v) is 4.56. The van der Waals surface area contributed by atoms with Crippen LogP contribution in [0.5, 0.6) is 11.5 Å². The van der Waals surface area contributed by atoms with E-state index in [0.29, 0.717) is 27.9 Å². The number of azo groups is 1. The maximum absolute atomic E-state index is 11.7. The van der Waals surface area contributed by atoms with Crippen LogP contribution in [-0.2, 0) is 10.1 Å². The van der Waals surface area contributed by atoms with E-state index in [9.17, 15) is 18.1 Å². The lowest BCUT2D eigenvalue weighted by molar-refractivity contribution is 0.415. The Bertz CT molecular complexity index is 1110. The highest BCUT2D eigenvalue weighted by molar-refractivity contribution is 7.86. The third kappa shape index (κ3) is 3.44. The number of phenols is 1. The molecular weight excluding hydrogens is 358 g/mol. The molecule has 0 bridgehead atoms. The van der Waals surface area contributed by atoms with Gasteiger partial charge in [0.2, 0.25) is 0 Å². The Morgan fingerprint density at radius 3 is 2.35 bits per heavy atom. The fourth-order valence-electron chi connectivity index (χ4n) is 2.42. The van der Waals surface area contributed by atoms with Gasteiger partial charge in [0, 0.05) is 11.1 Å². The second-order valence-corrected chi connectivity index (χ2v) is 6.82. The summed E-state index contributed by atoms with van der Waals surface area (Å²) in [5.74, 6) is 0.195. The molecule has 0 amide bonds. The van der Waals surface area contributed by atoms with Gasteiger partial charge in [-0.15, -0.1) is 5.11 Å². The van der Waals surface area contributed by atoms with Gasteiger partial charge >= 0.3 is 0 Å². The topological polar surface area (TPSA) is 135 Å². The van der Waals surface area contributed by atoms with Crippen LogP contribution in [-0.4, -0.2) is 25.2 Å². The molecule has 0 saturated carbocycles. The number of anilines is 1. The quantitative estimate of drug-likeness (QED) is 0.362. The van der Waals surface area contributed by atoms with Crippen LogP contribution in [0.3, 0.4) is 0 Å². The first-order valence-electron chi connectivity index (χ1n) is 7.38. The summed E-state index contributed by atoms with van der Waals surface area (Å²) < 4.78 is 38.0. The van der Waals surface area contributed by atoms with Crippen molar-refractivity contribution >= 4 is 38.0 Å². The predicted octanol–water partition coefficient (Wildman–Crippen LogP) is 3.80. The van der Waals surface area contributed by atoms with Crippen molar-refractivity contribution in [3.05, 3.63) is 48.5 Å². The largest absolute Gasteiger partial charge is 0.505 e. The lowest BCUT2D eigenvalue weighted by Crippen LogP contribution is -1.99. The van der Waals surface area contributed by atoms with E-state index >= 15 is 0 Å². The average molecular weight is 373 g/mol. The molecule has 3 aromatic carbocycles. The van der Waals surface area contributed by atoms with Crippen molar-refractivity contribution in [2.75, 3.05) is 12.8 Å². The Labute approximate surface area is 149 Å². The number of nitrogens with zero attached hydrogens (tertiary/aromatic N) is 2. The summed E-state index contributed by atoms with van der Waals surface area (Å²) in [7, 11) is -3.13. The minimum absolute atomic E-state index is 0.329. The number of benzene rings is 3. The standard InChI is InChI=1S/C17H15N3O5S/c1-25-13-5-3-12(4-6-13)19-20-16-15(26(22,23)24)9-10-8-11(18)2-7-14(10)17(16)21/h2-9,21H,18H2,1H3,(H,22,23,24)/b20-19+. The molecule has 134 valence electrons. The predicted molar refractivity (Wildman–Crippen MR) is 97.0 cm³/mol. The van der Waals surface area contributed by atoms with E-state index in [1.807, 2.05) is 0 Å². The van der Waals surface area contributed by atoms with Gasteiger partial charge in [-0.2, -0.15) is 13.5 Å². The highest BCUT2D eigenvalue weighted by Gasteiger charge is 2.22. The van der Waals surface area contributed by atoms with Gasteiger partial charge in [-0.1, -0.05) is 0 Å². The van der Waals surface area contributed by atoms with Gasteiger partial charge in [-0.05, 0) is 53.9 Å². The van der Waals surface area contributed by atoms with E-state index in [1.54, 1.807) is 30.3 Å². The van der Waals surface area contributed by atoms with Crippen LogP contribution in [0.4, 0.5) is 17.1 Å². The van der Waals surface area contributed by atoms with Crippen LogP contribution in [0.1, 0.15) is 0 Å². The van der Waals surface area contributed by atoms with Crippen LogP contribution < -0.4 is 10.5 Å². The molecule has 0 spiro atoms. The van der Waals surface area contributed by atoms with E-state index in [2.05, 4.69) is 10.2 Å². The molecule has 0 atom stereocenters. The maximum atomic E-state index is 11.7. The smallest absolute Gasteiger partial charge is 0.296 e. The third-order valence-electron chi connectivity index (χ3n) is 3.69. The molecule has 4 N–H and O–H groups in total. The molecule has 3 rings (SSSR count). The molecule has 0 aliphatic heterocycles. The van der Waals surface area contributed by atoms with E-state index in [0.717, 1.165) is 0 Å². The van der Waals surface area contributed by atoms with Crippen LogP contribution >= 0.6 is 0 Å². The molecule has 9 heteroatoms. The lowest BCUT2D eigenvalue weighted by Gasteiger charge is -2.09. The Morgan fingerprint density at radius 1 is 1.04 bits per heavy atom. The zero-order valence-corrected chi connectivity index (χ0v) is 14.4. The summed E-state index contributed by atoms with van der Waals surface area (Å²) in [6.45, 7) is 0. The van der Waals surface area contributed by atoms with E-state index < -0.39 is 20.8 Å².